The fraction of sp³-hybridized carbons (Fsp3) is 0.556. The van der Waals surface area contributed by atoms with Crippen molar-refractivity contribution in [2.75, 3.05) is 24.5 Å². The molecule has 0 spiro atoms. The number of carbonyl (C=O) groups is 1. The predicted molar refractivity (Wildman–Crippen MR) is 99.4 cm³/mol. The lowest BCUT2D eigenvalue weighted by Crippen LogP contribution is -2.32. The SMILES string of the molecule is CC(C)c1cc(C(=O)NC[C@H]2CCN(c3cnn(C)c(=O)c3)C2)n(C)n1. The number of hydrogen-bond donors (Lipinski definition) is 1. The number of rotatable bonds is 5. The first-order chi connectivity index (χ1) is 12.3. The number of nitrogens with one attached hydrogen (secondary N) is 1. The zero-order valence-corrected chi connectivity index (χ0v) is 15.8. The Hall–Kier alpha value is -2.64. The van der Waals surface area contributed by atoms with Gasteiger partial charge in [0.25, 0.3) is 11.5 Å². The van der Waals surface area contributed by atoms with Crippen molar-refractivity contribution in [1.82, 2.24) is 24.9 Å². The van der Waals surface area contributed by atoms with Crippen LogP contribution in [0.2, 0.25) is 0 Å². The van der Waals surface area contributed by atoms with E-state index in [4.69, 9.17) is 0 Å². The van der Waals surface area contributed by atoms with Gasteiger partial charge in [-0.2, -0.15) is 10.2 Å². The molecule has 1 aliphatic heterocycles. The fourth-order valence-corrected chi connectivity index (χ4v) is 3.18. The Balaban J connectivity index is 1.56. The highest BCUT2D eigenvalue weighted by Crippen LogP contribution is 2.21. The van der Waals surface area contributed by atoms with Crippen LogP contribution in [-0.4, -0.2) is 45.1 Å². The maximum Gasteiger partial charge on any atom is 0.269 e. The molecule has 1 aliphatic rings. The quantitative estimate of drug-likeness (QED) is 0.858. The largest absolute Gasteiger partial charge is 0.370 e. The second-order valence-corrected chi connectivity index (χ2v) is 7.22. The molecular formula is C18H26N6O2. The van der Waals surface area contributed by atoms with Gasteiger partial charge < -0.3 is 10.2 Å². The third kappa shape index (κ3) is 3.79. The van der Waals surface area contributed by atoms with Gasteiger partial charge in [-0.05, 0) is 24.3 Å². The summed E-state index contributed by atoms with van der Waals surface area (Å²) in [6.45, 7) is 6.39. The summed E-state index contributed by atoms with van der Waals surface area (Å²) < 4.78 is 2.95. The van der Waals surface area contributed by atoms with Crippen molar-refractivity contribution in [2.24, 2.45) is 20.0 Å². The smallest absolute Gasteiger partial charge is 0.269 e. The Bertz CT molecular complexity index is 854. The number of amides is 1. The molecule has 1 saturated heterocycles. The molecule has 1 fully saturated rings. The van der Waals surface area contributed by atoms with Crippen molar-refractivity contribution in [3.8, 4) is 0 Å². The second-order valence-electron chi connectivity index (χ2n) is 7.22. The first-order valence-corrected chi connectivity index (χ1v) is 8.95. The van der Waals surface area contributed by atoms with E-state index in [1.54, 1.807) is 31.0 Å². The van der Waals surface area contributed by atoms with Crippen LogP contribution in [0.1, 0.15) is 42.4 Å². The summed E-state index contributed by atoms with van der Waals surface area (Å²) in [6, 6.07) is 3.46. The van der Waals surface area contributed by atoms with Crippen molar-refractivity contribution >= 4 is 11.6 Å². The lowest BCUT2D eigenvalue weighted by Gasteiger charge is -2.18. The molecule has 2 aromatic heterocycles. The average Bonchev–Trinajstić information content (AvgIpc) is 3.22. The number of hydrogen-bond acceptors (Lipinski definition) is 5. The van der Waals surface area contributed by atoms with E-state index in [0.717, 1.165) is 30.9 Å². The first kappa shape index (κ1) is 18.2. The van der Waals surface area contributed by atoms with Crippen molar-refractivity contribution < 1.29 is 4.79 Å². The van der Waals surface area contributed by atoms with Crippen LogP contribution in [0.5, 0.6) is 0 Å². The summed E-state index contributed by atoms with van der Waals surface area (Å²) in [6.07, 6.45) is 2.68. The molecule has 3 heterocycles. The van der Waals surface area contributed by atoms with Gasteiger partial charge in [0, 0.05) is 39.8 Å². The molecule has 0 aromatic carbocycles. The van der Waals surface area contributed by atoms with E-state index in [0.29, 0.717) is 24.1 Å². The maximum absolute atomic E-state index is 12.5. The van der Waals surface area contributed by atoms with Gasteiger partial charge >= 0.3 is 0 Å². The summed E-state index contributed by atoms with van der Waals surface area (Å²) in [5.41, 5.74) is 2.23. The van der Waals surface area contributed by atoms with Crippen LogP contribution < -0.4 is 15.8 Å². The Morgan fingerprint density at radius 2 is 2.08 bits per heavy atom. The van der Waals surface area contributed by atoms with Gasteiger partial charge in [-0.1, -0.05) is 13.8 Å². The van der Waals surface area contributed by atoms with E-state index < -0.39 is 0 Å². The summed E-state index contributed by atoms with van der Waals surface area (Å²) >= 11 is 0. The highest BCUT2D eigenvalue weighted by atomic mass is 16.2. The second kappa shape index (κ2) is 7.31. The van der Waals surface area contributed by atoms with E-state index in [-0.39, 0.29) is 11.5 Å². The minimum atomic E-state index is -0.114. The molecule has 1 atom stereocenters. The lowest BCUT2D eigenvalue weighted by atomic mass is 10.1. The number of aromatic nitrogens is 4. The van der Waals surface area contributed by atoms with Crippen LogP contribution in [0.3, 0.4) is 0 Å². The molecular weight excluding hydrogens is 332 g/mol. The molecule has 140 valence electrons. The standard InChI is InChI=1S/C18H26N6O2/c1-12(2)15-8-16(22(3)21-15)18(26)19-9-13-5-6-24(11-13)14-7-17(25)23(4)20-10-14/h7-8,10,12-13H,5-6,9,11H2,1-4H3,(H,19,26)/t13-/m1/s1. The highest BCUT2D eigenvalue weighted by molar-refractivity contribution is 5.92. The van der Waals surface area contributed by atoms with Gasteiger partial charge in [0.15, 0.2) is 0 Å². The minimum Gasteiger partial charge on any atom is -0.370 e. The summed E-state index contributed by atoms with van der Waals surface area (Å²) in [5, 5.41) is 11.5. The first-order valence-electron chi connectivity index (χ1n) is 8.95. The molecule has 2 aromatic rings. The molecule has 0 radical (unpaired) electrons. The van der Waals surface area contributed by atoms with Crippen molar-refractivity contribution in [2.45, 2.75) is 26.2 Å². The maximum atomic E-state index is 12.5. The Morgan fingerprint density at radius 3 is 2.73 bits per heavy atom. The molecule has 1 amide bonds. The molecule has 3 rings (SSSR count). The minimum absolute atomic E-state index is 0.0967. The van der Waals surface area contributed by atoms with Crippen LogP contribution in [0.25, 0.3) is 0 Å². The van der Waals surface area contributed by atoms with Crippen molar-refractivity contribution in [3.05, 3.63) is 40.1 Å². The number of carbonyl (C=O) groups excluding carboxylic acids is 1. The van der Waals surface area contributed by atoms with Gasteiger partial charge in [-0.15, -0.1) is 0 Å². The highest BCUT2D eigenvalue weighted by Gasteiger charge is 2.24. The average molecular weight is 358 g/mol. The van der Waals surface area contributed by atoms with Gasteiger partial charge in [-0.25, -0.2) is 4.68 Å². The zero-order valence-electron chi connectivity index (χ0n) is 15.8. The molecule has 8 nitrogen and oxygen atoms in total. The van der Waals surface area contributed by atoms with Gasteiger partial charge in [0.05, 0.1) is 17.6 Å². The Morgan fingerprint density at radius 1 is 1.31 bits per heavy atom. The van der Waals surface area contributed by atoms with Crippen molar-refractivity contribution in [1.29, 1.82) is 0 Å². The van der Waals surface area contributed by atoms with E-state index in [1.165, 1.54) is 4.68 Å². The molecule has 26 heavy (non-hydrogen) atoms. The summed E-state index contributed by atoms with van der Waals surface area (Å²) in [4.78, 5) is 26.3. The van der Waals surface area contributed by atoms with Gasteiger partial charge in [0.2, 0.25) is 0 Å². The van der Waals surface area contributed by atoms with Crippen LogP contribution in [-0.2, 0) is 14.1 Å². The summed E-state index contributed by atoms with van der Waals surface area (Å²) in [7, 11) is 3.43. The van der Waals surface area contributed by atoms with Crippen LogP contribution >= 0.6 is 0 Å². The third-order valence-electron chi connectivity index (χ3n) is 4.88. The third-order valence-corrected chi connectivity index (χ3v) is 4.88. The van der Waals surface area contributed by atoms with Crippen LogP contribution in [0, 0.1) is 5.92 Å². The monoisotopic (exact) mass is 358 g/mol. The van der Waals surface area contributed by atoms with Gasteiger partial charge in [0.1, 0.15) is 5.69 Å². The Kier molecular flexibility index (Phi) is 5.11. The van der Waals surface area contributed by atoms with E-state index in [9.17, 15) is 9.59 Å². The molecule has 0 saturated carbocycles. The topological polar surface area (TPSA) is 85.0 Å². The zero-order chi connectivity index (χ0) is 18.8. The number of anilines is 1. The van der Waals surface area contributed by atoms with E-state index in [2.05, 4.69) is 34.3 Å². The number of aryl methyl sites for hydroxylation is 2. The molecule has 0 aliphatic carbocycles. The van der Waals surface area contributed by atoms with Crippen molar-refractivity contribution in [3.63, 3.8) is 0 Å². The molecule has 0 bridgehead atoms. The van der Waals surface area contributed by atoms with E-state index in [1.807, 2.05) is 6.07 Å². The fourth-order valence-electron chi connectivity index (χ4n) is 3.18. The number of nitrogens with zero attached hydrogens (tertiary/aromatic N) is 5. The molecule has 8 heteroatoms. The Labute approximate surface area is 152 Å². The van der Waals surface area contributed by atoms with Gasteiger partial charge in [-0.3, -0.25) is 14.3 Å². The summed E-state index contributed by atoms with van der Waals surface area (Å²) in [5.74, 6) is 0.541. The predicted octanol–water partition coefficient (Wildman–Crippen LogP) is 0.893. The van der Waals surface area contributed by atoms with Crippen LogP contribution in [0.4, 0.5) is 5.69 Å². The van der Waals surface area contributed by atoms with E-state index >= 15 is 0 Å². The van der Waals surface area contributed by atoms with Crippen LogP contribution in [0.15, 0.2) is 23.1 Å². The molecule has 0 unspecified atom stereocenters. The lowest BCUT2D eigenvalue weighted by molar-refractivity contribution is 0.0939. The molecule has 1 N–H and O–H groups in total. The normalized spacial score (nSPS) is 17.1.